The molecule has 2 aromatic carbocycles. The Labute approximate surface area is 153 Å². The van der Waals surface area contributed by atoms with Crippen LogP contribution in [0.1, 0.15) is 22.8 Å². The Morgan fingerprint density at radius 2 is 1.68 bits per heavy atom. The lowest BCUT2D eigenvalue weighted by atomic mass is 10.0. The molecule has 0 radical (unpaired) electrons. The van der Waals surface area contributed by atoms with Gasteiger partial charge in [0.25, 0.3) is 0 Å². The summed E-state index contributed by atoms with van der Waals surface area (Å²) in [5.41, 5.74) is 3.77. The van der Waals surface area contributed by atoms with Gasteiger partial charge < -0.3 is 0 Å². The number of ketones is 1. The molecular formula is C18H22ClN3O3. The summed E-state index contributed by atoms with van der Waals surface area (Å²) in [6.45, 7) is 3.07. The molecule has 0 spiro atoms. The second-order valence-corrected chi connectivity index (χ2v) is 5.41. The van der Waals surface area contributed by atoms with Gasteiger partial charge in [0.2, 0.25) is 0 Å². The summed E-state index contributed by atoms with van der Waals surface area (Å²) in [6.07, 6.45) is 0. The maximum Gasteiger partial charge on any atom is 0.181 e. The average Bonchev–Trinajstić information content (AvgIpc) is 2.62. The number of likely N-dealkylation sites (N-methyl/N-ethyl adjacent to an activating group) is 1. The molecular weight excluding hydrogens is 342 g/mol. The van der Waals surface area contributed by atoms with Crippen molar-refractivity contribution in [1.82, 2.24) is 10.3 Å². The van der Waals surface area contributed by atoms with E-state index in [-0.39, 0.29) is 24.7 Å². The van der Waals surface area contributed by atoms with Crippen molar-refractivity contribution in [3.8, 4) is 0 Å². The second-order valence-electron chi connectivity index (χ2n) is 5.41. The first kappa shape index (κ1) is 20.6. The molecule has 0 aliphatic heterocycles. The molecule has 0 aliphatic rings. The Hall–Kier alpha value is -2.44. The van der Waals surface area contributed by atoms with Crippen LogP contribution in [-0.4, -0.2) is 34.8 Å². The molecule has 0 amide bonds. The molecule has 25 heavy (non-hydrogen) atoms. The zero-order chi connectivity index (χ0) is 17.4. The number of nitro groups is 1. The molecule has 0 saturated heterocycles. The Morgan fingerprint density at radius 3 is 2.20 bits per heavy atom. The highest BCUT2D eigenvalue weighted by atomic mass is 35.5. The van der Waals surface area contributed by atoms with E-state index in [1.807, 2.05) is 48.2 Å². The fourth-order valence-corrected chi connectivity index (χ4v) is 2.60. The fraction of sp³-hybridized carbons (Fsp3) is 0.278. The lowest BCUT2D eigenvalue weighted by Crippen LogP contribution is -2.48. The molecule has 0 aliphatic carbocycles. The van der Waals surface area contributed by atoms with Gasteiger partial charge in [-0.15, -0.1) is 17.8 Å². The minimum atomic E-state index is -0.609. The summed E-state index contributed by atoms with van der Waals surface area (Å²) in [4.78, 5) is 25.5. The van der Waals surface area contributed by atoms with Crippen molar-refractivity contribution in [2.24, 2.45) is 0 Å². The number of nitrogens with one attached hydrogen (secondary N) is 1. The van der Waals surface area contributed by atoms with Crippen molar-refractivity contribution in [3.63, 3.8) is 0 Å². The quantitative estimate of drug-likeness (QED) is 0.421. The highest BCUT2D eigenvalue weighted by molar-refractivity contribution is 6.00. The van der Waals surface area contributed by atoms with Crippen LogP contribution in [0.3, 0.4) is 0 Å². The summed E-state index contributed by atoms with van der Waals surface area (Å²) >= 11 is 0. The fourth-order valence-electron chi connectivity index (χ4n) is 2.60. The molecule has 0 aromatic heterocycles. The van der Waals surface area contributed by atoms with Gasteiger partial charge in [-0.1, -0.05) is 67.6 Å². The third-order valence-corrected chi connectivity index (χ3v) is 3.85. The summed E-state index contributed by atoms with van der Waals surface area (Å²) in [6, 6.07) is 18.0. The van der Waals surface area contributed by atoms with Crippen molar-refractivity contribution in [2.45, 2.75) is 19.5 Å². The summed E-state index contributed by atoms with van der Waals surface area (Å²) in [5, 5.41) is 10.1. The molecule has 1 N–H and O–H groups in total. The molecule has 2 aromatic rings. The van der Waals surface area contributed by atoms with Gasteiger partial charge in [0.1, 0.15) is 0 Å². The lowest BCUT2D eigenvalue weighted by Gasteiger charge is -2.29. The monoisotopic (exact) mass is 363 g/mol. The largest absolute Gasteiger partial charge is 0.292 e. The van der Waals surface area contributed by atoms with Crippen molar-refractivity contribution < 1.29 is 9.83 Å². The second kappa shape index (κ2) is 10.4. The summed E-state index contributed by atoms with van der Waals surface area (Å²) in [5.74, 6) is -0.122. The number of benzene rings is 2. The van der Waals surface area contributed by atoms with Crippen LogP contribution in [0, 0.1) is 10.1 Å². The first-order valence-corrected chi connectivity index (χ1v) is 7.87. The number of carbonyl (C=O) groups is 1. The first-order chi connectivity index (χ1) is 11.6. The normalized spacial score (nSPS) is 11.4. The van der Waals surface area contributed by atoms with Crippen LogP contribution in [0.4, 0.5) is 0 Å². The van der Waals surface area contributed by atoms with Crippen LogP contribution in [0.2, 0.25) is 0 Å². The topological polar surface area (TPSA) is 75.5 Å². The van der Waals surface area contributed by atoms with Crippen molar-refractivity contribution in [3.05, 3.63) is 81.9 Å². The maximum absolute atomic E-state index is 12.8. The number of hydrazine groups is 1. The minimum absolute atomic E-state index is 0. The van der Waals surface area contributed by atoms with Crippen molar-refractivity contribution in [2.75, 3.05) is 13.1 Å². The SMILES string of the molecule is CCN(Cc1ccccc1)C(CN[N+](=O)[O-])C(=O)c1ccccc1.Cl. The van der Waals surface area contributed by atoms with Gasteiger partial charge in [0, 0.05) is 12.1 Å². The van der Waals surface area contributed by atoms with E-state index < -0.39 is 11.1 Å². The van der Waals surface area contributed by atoms with E-state index in [4.69, 9.17) is 0 Å². The van der Waals surface area contributed by atoms with Crippen LogP contribution in [-0.2, 0) is 6.54 Å². The Kier molecular flexibility index (Phi) is 8.60. The van der Waals surface area contributed by atoms with Crippen molar-refractivity contribution in [1.29, 1.82) is 0 Å². The average molecular weight is 364 g/mol. The molecule has 0 saturated carbocycles. The molecule has 6 nitrogen and oxygen atoms in total. The maximum atomic E-state index is 12.8. The van der Waals surface area contributed by atoms with Gasteiger partial charge >= 0.3 is 0 Å². The Morgan fingerprint density at radius 1 is 1.12 bits per heavy atom. The third kappa shape index (κ3) is 6.17. The van der Waals surface area contributed by atoms with Crippen molar-refractivity contribution >= 4 is 18.2 Å². The van der Waals surface area contributed by atoms with E-state index in [1.165, 1.54) is 0 Å². The van der Waals surface area contributed by atoms with E-state index in [1.54, 1.807) is 24.3 Å². The molecule has 1 unspecified atom stereocenters. The number of halogens is 1. The zero-order valence-electron chi connectivity index (χ0n) is 14.0. The number of nitrogens with zero attached hydrogens (tertiary/aromatic N) is 2. The van der Waals surface area contributed by atoms with Crippen LogP contribution in [0.5, 0.6) is 0 Å². The number of rotatable bonds is 9. The number of carbonyl (C=O) groups excluding carboxylic acids is 1. The number of hydrogen-bond acceptors (Lipinski definition) is 4. The van der Waals surface area contributed by atoms with E-state index in [0.717, 1.165) is 5.56 Å². The summed E-state index contributed by atoms with van der Waals surface area (Å²) in [7, 11) is 0. The molecule has 0 fully saturated rings. The minimum Gasteiger partial charge on any atom is -0.292 e. The number of Topliss-reactive ketones (excluding diaryl/α,β-unsaturated/α-hetero) is 1. The van der Waals surface area contributed by atoms with Crippen LogP contribution < -0.4 is 5.43 Å². The van der Waals surface area contributed by atoms with Crippen LogP contribution in [0.25, 0.3) is 0 Å². The van der Waals surface area contributed by atoms with Gasteiger partial charge in [0.15, 0.2) is 10.8 Å². The lowest BCUT2D eigenvalue weighted by molar-refractivity contribution is -0.544. The molecule has 134 valence electrons. The zero-order valence-corrected chi connectivity index (χ0v) is 14.8. The summed E-state index contributed by atoms with van der Waals surface area (Å²) < 4.78 is 0. The Balaban J connectivity index is 0.00000312. The van der Waals surface area contributed by atoms with Gasteiger partial charge in [0.05, 0.1) is 12.6 Å². The van der Waals surface area contributed by atoms with Gasteiger partial charge in [-0.3, -0.25) is 9.69 Å². The van der Waals surface area contributed by atoms with E-state index in [9.17, 15) is 14.9 Å². The first-order valence-electron chi connectivity index (χ1n) is 7.87. The molecule has 1 atom stereocenters. The van der Waals surface area contributed by atoms with E-state index >= 15 is 0 Å². The predicted octanol–water partition coefficient (Wildman–Crippen LogP) is 2.96. The van der Waals surface area contributed by atoms with Crippen LogP contribution >= 0.6 is 12.4 Å². The molecule has 0 heterocycles. The smallest absolute Gasteiger partial charge is 0.181 e. The standard InChI is InChI=1S/C18H21N3O3.ClH/c1-2-20(14-15-9-5-3-6-10-15)17(13-19-21(23)24)18(22)16-11-7-4-8-12-16;/h3-12,17,19H,2,13-14H2,1H3;1H. The molecule has 2 rings (SSSR count). The molecule has 0 bridgehead atoms. The van der Waals surface area contributed by atoms with Gasteiger partial charge in [-0.25, -0.2) is 10.1 Å². The van der Waals surface area contributed by atoms with Gasteiger partial charge in [-0.05, 0) is 12.1 Å². The third-order valence-electron chi connectivity index (χ3n) is 3.85. The molecule has 7 heteroatoms. The number of hydrogen-bond donors (Lipinski definition) is 1. The van der Waals surface area contributed by atoms with Gasteiger partial charge in [-0.2, -0.15) is 0 Å². The van der Waals surface area contributed by atoms with Crippen LogP contribution in [0.15, 0.2) is 60.7 Å². The highest BCUT2D eigenvalue weighted by Gasteiger charge is 2.27. The Bertz CT molecular complexity index is 668. The van der Waals surface area contributed by atoms with E-state index in [0.29, 0.717) is 18.7 Å². The predicted molar refractivity (Wildman–Crippen MR) is 99.3 cm³/mol. The van der Waals surface area contributed by atoms with E-state index in [2.05, 4.69) is 5.43 Å². The highest BCUT2D eigenvalue weighted by Crippen LogP contribution is 2.13.